The van der Waals surface area contributed by atoms with Crippen LogP contribution in [-0.2, 0) is 31.0 Å². The number of aromatic nitrogens is 1. The second-order valence-corrected chi connectivity index (χ2v) is 11.8. The van der Waals surface area contributed by atoms with E-state index in [1.165, 1.54) is 60.8 Å². The Hall–Kier alpha value is -4.43. The van der Waals surface area contributed by atoms with E-state index in [1.807, 2.05) is 0 Å². The number of pyridine rings is 1. The first kappa shape index (κ1) is 28.6. The van der Waals surface area contributed by atoms with Crippen LogP contribution in [0.2, 0.25) is 0 Å². The van der Waals surface area contributed by atoms with Crippen LogP contribution in [0, 0.1) is 0 Å². The maximum Gasteiger partial charge on any atom is 0.416 e. The van der Waals surface area contributed by atoms with E-state index in [9.17, 15) is 34.8 Å². The van der Waals surface area contributed by atoms with Gasteiger partial charge in [0.05, 0.1) is 21.0 Å². The van der Waals surface area contributed by atoms with Gasteiger partial charge in [-0.3, -0.25) is 13.8 Å². The summed E-state index contributed by atoms with van der Waals surface area (Å²) in [5, 5.41) is 2.44. The van der Waals surface area contributed by atoms with Gasteiger partial charge in [0.2, 0.25) is 5.91 Å². The van der Waals surface area contributed by atoms with Crippen LogP contribution in [0.1, 0.15) is 5.56 Å². The van der Waals surface area contributed by atoms with E-state index < -0.39 is 44.2 Å². The highest BCUT2D eigenvalue weighted by Gasteiger charge is 2.33. The minimum Gasteiger partial charge on any atom is -0.325 e. The van der Waals surface area contributed by atoms with E-state index in [1.54, 1.807) is 18.2 Å². The topological polar surface area (TPSA) is 126 Å². The van der Waals surface area contributed by atoms with Crippen LogP contribution in [0.5, 0.6) is 0 Å². The first-order valence-electron chi connectivity index (χ1n) is 11.4. The molecule has 0 aliphatic carbocycles. The first-order valence-corrected chi connectivity index (χ1v) is 14.4. The Balaban J connectivity index is 1.57. The third-order valence-electron chi connectivity index (χ3n) is 5.43. The number of carbonyl (C=O) groups excluding carboxylic acids is 1. The molecule has 0 spiro atoms. The van der Waals surface area contributed by atoms with Gasteiger partial charge in [0.1, 0.15) is 12.4 Å². The summed E-state index contributed by atoms with van der Waals surface area (Å²) in [5.74, 6) is -0.770. The molecule has 208 valence electrons. The summed E-state index contributed by atoms with van der Waals surface area (Å²) in [6, 6.07) is 20.3. The van der Waals surface area contributed by atoms with E-state index >= 15 is 0 Å². The molecule has 4 aromatic rings. The molecule has 0 aliphatic rings. The highest BCUT2D eigenvalue weighted by molar-refractivity contribution is 7.93. The maximum absolute atomic E-state index is 13.4. The normalized spacial score (nSPS) is 12.0. The third kappa shape index (κ3) is 6.76. The van der Waals surface area contributed by atoms with Crippen LogP contribution in [0.3, 0.4) is 0 Å². The second-order valence-electron chi connectivity index (χ2n) is 8.27. The van der Waals surface area contributed by atoms with E-state index in [0.29, 0.717) is 10.4 Å². The number of anilines is 3. The van der Waals surface area contributed by atoms with Crippen molar-refractivity contribution < 1.29 is 34.8 Å². The van der Waals surface area contributed by atoms with Crippen molar-refractivity contribution in [2.45, 2.75) is 16.0 Å². The summed E-state index contributed by atoms with van der Waals surface area (Å²) in [7, 11) is -8.43. The first-order chi connectivity index (χ1) is 18.9. The van der Waals surface area contributed by atoms with Crippen molar-refractivity contribution in [1.82, 2.24) is 4.98 Å². The van der Waals surface area contributed by atoms with Gasteiger partial charge in [-0.25, -0.2) is 21.8 Å². The SMILES string of the molecule is O=C(CN(c1cccc(C(F)(F)F)c1)S(=O)(=O)c1ccccc1)Nc1ccc(S(=O)(=O)Nc2ccccn2)cc1. The van der Waals surface area contributed by atoms with Gasteiger partial charge in [0.15, 0.2) is 0 Å². The van der Waals surface area contributed by atoms with Crippen molar-refractivity contribution in [3.05, 3.63) is 109 Å². The fourth-order valence-corrected chi connectivity index (χ4v) is 5.98. The Labute approximate surface area is 228 Å². The Morgan fingerprint density at radius 1 is 0.800 bits per heavy atom. The van der Waals surface area contributed by atoms with E-state index in [-0.39, 0.29) is 27.0 Å². The number of nitrogens with one attached hydrogen (secondary N) is 2. The number of nitrogens with zero attached hydrogens (tertiary/aromatic N) is 2. The van der Waals surface area contributed by atoms with Gasteiger partial charge in [-0.1, -0.05) is 30.3 Å². The number of halogens is 3. The lowest BCUT2D eigenvalue weighted by Gasteiger charge is -2.25. The van der Waals surface area contributed by atoms with Crippen LogP contribution >= 0.6 is 0 Å². The Kier molecular flexibility index (Phi) is 8.11. The number of hydrogen-bond donors (Lipinski definition) is 2. The zero-order chi connectivity index (χ0) is 29.0. The number of amides is 1. The lowest BCUT2D eigenvalue weighted by Crippen LogP contribution is -2.38. The fourth-order valence-electron chi connectivity index (χ4n) is 3.54. The second kappa shape index (κ2) is 11.4. The van der Waals surface area contributed by atoms with Crippen molar-refractivity contribution in [3.63, 3.8) is 0 Å². The predicted octanol–water partition coefficient (Wildman–Crippen LogP) is 4.74. The number of benzene rings is 3. The summed E-state index contributed by atoms with van der Waals surface area (Å²) in [6.45, 7) is -0.861. The van der Waals surface area contributed by atoms with Crippen LogP contribution in [0.25, 0.3) is 0 Å². The zero-order valence-electron chi connectivity index (χ0n) is 20.4. The number of rotatable bonds is 9. The standard InChI is InChI=1S/C26H21F3N4O5S2/c27-26(28,29)19-7-6-8-21(17-19)33(40(37,38)23-9-2-1-3-10-23)18-25(34)31-20-12-14-22(15-13-20)39(35,36)32-24-11-4-5-16-30-24/h1-17H,18H2,(H,30,32)(H,31,34). The number of sulfonamides is 2. The van der Waals surface area contributed by atoms with Crippen LogP contribution in [0.15, 0.2) is 113 Å². The Morgan fingerprint density at radius 2 is 1.48 bits per heavy atom. The molecule has 0 saturated heterocycles. The summed E-state index contributed by atoms with van der Waals surface area (Å²) in [6.07, 6.45) is -3.33. The molecule has 9 nitrogen and oxygen atoms in total. The molecule has 4 rings (SSSR count). The molecule has 1 aromatic heterocycles. The summed E-state index contributed by atoms with van der Waals surface area (Å²) in [4.78, 5) is 16.4. The fraction of sp³-hybridized carbons (Fsp3) is 0.0769. The van der Waals surface area contributed by atoms with Gasteiger partial charge in [-0.05, 0) is 66.7 Å². The molecule has 1 amide bonds. The van der Waals surface area contributed by atoms with Crippen molar-refractivity contribution >= 4 is 43.1 Å². The van der Waals surface area contributed by atoms with Crippen LogP contribution in [-0.4, -0.2) is 34.3 Å². The number of carbonyl (C=O) groups is 1. The highest BCUT2D eigenvalue weighted by Crippen LogP contribution is 2.33. The molecule has 1 heterocycles. The van der Waals surface area contributed by atoms with Gasteiger partial charge in [-0.2, -0.15) is 13.2 Å². The zero-order valence-corrected chi connectivity index (χ0v) is 22.0. The molecule has 14 heteroatoms. The van der Waals surface area contributed by atoms with Gasteiger partial charge in [0.25, 0.3) is 20.0 Å². The van der Waals surface area contributed by atoms with Gasteiger partial charge in [0, 0.05) is 11.9 Å². The third-order valence-corrected chi connectivity index (χ3v) is 8.59. The minimum atomic E-state index is -4.74. The average molecular weight is 591 g/mol. The van der Waals surface area contributed by atoms with Crippen molar-refractivity contribution in [1.29, 1.82) is 0 Å². The molecule has 2 N–H and O–H groups in total. The van der Waals surface area contributed by atoms with Gasteiger partial charge in [-0.15, -0.1) is 0 Å². The average Bonchev–Trinajstić information content (AvgIpc) is 2.92. The number of alkyl halides is 3. The van der Waals surface area contributed by atoms with E-state index in [4.69, 9.17) is 0 Å². The molecular formula is C26H21F3N4O5S2. The largest absolute Gasteiger partial charge is 0.416 e. The predicted molar refractivity (Wildman–Crippen MR) is 143 cm³/mol. The molecule has 3 aromatic carbocycles. The molecule has 0 radical (unpaired) electrons. The maximum atomic E-state index is 13.4. The van der Waals surface area contributed by atoms with Gasteiger partial charge < -0.3 is 5.32 Å². The van der Waals surface area contributed by atoms with Crippen LogP contribution in [0.4, 0.5) is 30.4 Å². The minimum absolute atomic E-state index is 0.106. The molecule has 40 heavy (non-hydrogen) atoms. The summed E-state index contributed by atoms with van der Waals surface area (Å²) >= 11 is 0. The van der Waals surface area contributed by atoms with Crippen molar-refractivity contribution in [3.8, 4) is 0 Å². The lowest BCUT2D eigenvalue weighted by molar-refractivity contribution is -0.137. The smallest absolute Gasteiger partial charge is 0.325 e. The molecule has 0 unspecified atom stereocenters. The molecule has 0 bridgehead atoms. The lowest BCUT2D eigenvalue weighted by atomic mass is 10.2. The van der Waals surface area contributed by atoms with Crippen LogP contribution < -0.4 is 14.3 Å². The summed E-state index contributed by atoms with van der Waals surface area (Å²) < 4.78 is 94.8. The molecule has 0 atom stereocenters. The molecule has 0 saturated carbocycles. The quantitative estimate of drug-likeness (QED) is 0.290. The van der Waals surface area contributed by atoms with E-state index in [0.717, 1.165) is 18.2 Å². The number of hydrogen-bond acceptors (Lipinski definition) is 6. The molecular weight excluding hydrogens is 569 g/mol. The molecule has 0 aliphatic heterocycles. The molecule has 0 fully saturated rings. The monoisotopic (exact) mass is 590 g/mol. The highest BCUT2D eigenvalue weighted by atomic mass is 32.2. The van der Waals surface area contributed by atoms with Gasteiger partial charge >= 0.3 is 6.18 Å². The summed E-state index contributed by atoms with van der Waals surface area (Å²) in [5.41, 5.74) is -1.33. The van der Waals surface area contributed by atoms with Crippen molar-refractivity contribution in [2.75, 3.05) is 20.9 Å². The Bertz CT molecular complexity index is 1700. The Morgan fingerprint density at radius 3 is 2.10 bits per heavy atom. The van der Waals surface area contributed by atoms with Crippen molar-refractivity contribution in [2.24, 2.45) is 0 Å². The van der Waals surface area contributed by atoms with E-state index in [2.05, 4.69) is 15.0 Å².